The Bertz CT molecular complexity index is 960. The van der Waals surface area contributed by atoms with Crippen LogP contribution in [0.4, 0.5) is 0 Å². The molecule has 1 N–H and O–H groups in total. The third-order valence-corrected chi connectivity index (χ3v) is 6.38. The summed E-state index contributed by atoms with van der Waals surface area (Å²) in [5, 5.41) is 3.19. The van der Waals surface area contributed by atoms with Gasteiger partial charge in [-0.1, -0.05) is 46.6 Å². The van der Waals surface area contributed by atoms with Crippen molar-refractivity contribution in [2.24, 2.45) is 10.9 Å². The zero-order chi connectivity index (χ0) is 21.8. The minimum atomic E-state index is -0.0126. The van der Waals surface area contributed by atoms with Gasteiger partial charge in [0.15, 0.2) is 11.5 Å². The summed E-state index contributed by atoms with van der Waals surface area (Å²) in [5.74, 6) is 1.35. The number of hydrogen-bond acceptors (Lipinski definition) is 4. The van der Waals surface area contributed by atoms with Crippen LogP contribution in [0.1, 0.15) is 36.5 Å². The molecule has 2 atom stereocenters. The van der Waals surface area contributed by atoms with Crippen molar-refractivity contribution < 1.29 is 14.3 Å². The van der Waals surface area contributed by atoms with Gasteiger partial charge in [0, 0.05) is 29.1 Å². The number of aliphatic imine (C=N–C) groups is 1. The lowest BCUT2D eigenvalue weighted by Crippen LogP contribution is -2.23. The summed E-state index contributed by atoms with van der Waals surface area (Å²) in [6, 6.07) is 9.99. The number of fused-ring (bicyclic) bond motifs is 1. The fourth-order valence-corrected chi connectivity index (χ4v) is 4.48. The molecule has 3 rings (SSSR count). The first-order chi connectivity index (χ1) is 14.4. The Balaban J connectivity index is 2.18. The normalized spacial score (nSPS) is 18.1. The number of amides is 1. The monoisotopic (exact) mass is 492 g/mol. The van der Waals surface area contributed by atoms with E-state index >= 15 is 0 Å². The average Bonchev–Trinajstić information content (AvgIpc) is 2.88. The van der Waals surface area contributed by atoms with Gasteiger partial charge in [-0.15, -0.1) is 0 Å². The molecule has 0 radical (unpaired) electrons. The van der Waals surface area contributed by atoms with E-state index in [0.717, 1.165) is 33.3 Å². The molecule has 2 aromatic carbocycles. The molecule has 7 heteroatoms. The zero-order valence-corrected chi connectivity index (χ0v) is 19.9. The number of nitrogens with zero attached hydrogens (tertiary/aromatic N) is 1. The number of ether oxygens (including phenoxy) is 2. The number of halogens is 2. The first-order valence-corrected chi connectivity index (χ1v) is 11.0. The van der Waals surface area contributed by atoms with Gasteiger partial charge in [-0.2, -0.15) is 0 Å². The van der Waals surface area contributed by atoms with Gasteiger partial charge in [0.05, 0.1) is 31.0 Å². The highest BCUT2D eigenvalue weighted by atomic mass is 79.9. The molecule has 0 aliphatic carbocycles. The van der Waals surface area contributed by atoms with Gasteiger partial charge in [-0.3, -0.25) is 9.79 Å². The van der Waals surface area contributed by atoms with Crippen LogP contribution in [-0.4, -0.2) is 38.9 Å². The van der Waals surface area contributed by atoms with Gasteiger partial charge in [-0.05, 0) is 42.5 Å². The molecule has 0 saturated heterocycles. The first-order valence-electron chi connectivity index (χ1n) is 9.87. The van der Waals surface area contributed by atoms with Crippen LogP contribution in [0.2, 0.25) is 5.02 Å². The molecule has 0 bridgehead atoms. The van der Waals surface area contributed by atoms with E-state index in [1.807, 2.05) is 30.3 Å². The topological polar surface area (TPSA) is 59.9 Å². The van der Waals surface area contributed by atoms with E-state index in [-0.39, 0.29) is 17.9 Å². The maximum Gasteiger partial charge on any atom is 0.219 e. The highest BCUT2D eigenvalue weighted by molar-refractivity contribution is 9.10. The SMILES string of the molecule is CNC(=O)CCC1N=C(c2ccc(Br)cc2)c2c(cc(OC)c(OC)c2Cl)CC1C. The van der Waals surface area contributed by atoms with Crippen molar-refractivity contribution in [2.75, 3.05) is 21.3 Å². The number of rotatable bonds is 6. The molecule has 0 saturated carbocycles. The molecule has 5 nitrogen and oxygen atoms in total. The number of methoxy groups -OCH3 is 2. The van der Waals surface area contributed by atoms with Gasteiger partial charge in [0.2, 0.25) is 5.91 Å². The first kappa shape index (κ1) is 22.6. The lowest BCUT2D eigenvalue weighted by Gasteiger charge is -2.19. The summed E-state index contributed by atoms with van der Waals surface area (Å²) in [5.41, 5.74) is 3.71. The second-order valence-electron chi connectivity index (χ2n) is 7.41. The Hall–Kier alpha value is -2.05. The van der Waals surface area contributed by atoms with Crippen molar-refractivity contribution in [3.8, 4) is 11.5 Å². The van der Waals surface area contributed by atoms with E-state index in [1.54, 1.807) is 21.3 Å². The molecule has 1 amide bonds. The summed E-state index contributed by atoms with van der Waals surface area (Å²) in [7, 11) is 4.85. The Morgan fingerprint density at radius 2 is 1.97 bits per heavy atom. The maximum absolute atomic E-state index is 11.9. The largest absolute Gasteiger partial charge is 0.493 e. The molecular formula is C23H26BrClN2O3. The van der Waals surface area contributed by atoms with Gasteiger partial charge in [0.25, 0.3) is 0 Å². The van der Waals surface area contributed by atoms with Gasteiger partial charge < -0.3 is 14.8 Å². The quantitative estimate of drug-likeness (QED) is 0.613. The van der Waals surface area contributed by atoms with Crippen molar-refractivity contribution in [3.63, 3.8) is 0 Å². The van der Waals surface area contributed by atoms with E-state index in [2.05, 4.69) is 28.2 Å². The molecule has 0 spiro atoms. The lowest BCUT2D eigenvalue weighted by atomic mass is 9.89. The van der Waals surface area contributed by atoms with Crippen LogP contribution >= 0.6 is 27.5 Å². The molecule has 1 aliphatic rings. The number of benzene rings is 2. The Morgan fingerprint density at radius 1 is 1.27 bits per heavy atom. The standard InChI is InChI=1S/C23H26BrClN2O3/c1-13-11-15-12-18(29-3)23(30-4)21(25)20(15)22(14-5-7-16(24)8-6-14)27-17(13)9-10-19(28)26-2/h5-8,12-13,17H,9-11H2,1-4H3,(H,26,28). The molecule has 2 unspecified atom stereocenters. The highest BCUT2D eigenvalue weighted by Gasteiger charge is 2.30. The van der Waals surface area contributed by atoms with E-state index in [0.29, 0.717) is 29.4 Å². The fraction of sp³-hybridized carbons (Fsp3) is 0.391. The Kier molecular flexibility index (Phi) is 7.42. The van der Waals surface area contributed by atoms with Crippen LogP contribution in [-0.2, 0) is 11.2 Å². The van der Waals surface area contributed by atoms with Gasteiger partial charge in [-0.25, -0.2) is 0 Å². The summed E-state index contributed by atoms with van der Waals surface area (Å²) in [6.45, 7) is 2.16. The second kappa shape index (κ2) is 9.84. The molecule has 2 aromatic rings. The third-order valence-electron chi connectivity index (χ3n) is 5.49. The minimum Gasteiger partial charge on any atom is -0.493 e. The summed E-state index contributed by atoms with van der Waals surface area (Å²) < 4.78 is 12.1. The minimum absolute atomic E-state index is 0.0126. The number of carbonyl (C=O) groups excluding carboxylic acids is 1. The van der Waals surface area contributed by atoms with Crippen molar-refractivity contribution in [3.05, 3.63) is 56.5 Å². The highest BCUT2D eigenvalue weighted by Crippen LogP contribution is 2.43. The maximum atomic E-state index is 11.9. The van der Waals surface area contributed by atoms with Crippen LogP contribution in [0.15, 0.2) is 39.8 Å². The summed E-state index contributed by atoms with van der Waals surface area (Å²) >= 11 is 10.3. The van der Waals surface area contributed by atoms with Crippen LogP contribution < -0.4 is 14.8 Å². The van der Waals surface area contributed by atoms with E-state index in [9.17, 15) is 4.79 Å². The van der Waals surface area contributed by atoms with Crippen LogP contribution in [0.25, 0.3) is 0 Å². The zero-order valence-electron chi connectivity index (χ0n) is 17.6. The fourth-order valence-electron chi connectivity index (χ4n) is 3.84. The Morgan fingerprint density at radius 3 is 2.57 bits per heavy atom. The van der Waals surface area contributed by atoms with Crippen LogP contribution in [0.3, 0.4) is 0 Å². The molecule has 0 aromatic heterocycles. The number of nitrogens with one attached hydrogen (secondary N) is 1. The number of carbonyl (C=O) groups is 1. The third kappa shape index (κ3) is 4.65. The predicted octanol–water partition coefficient (Wildman–Crippen LogP) is 5.04. The average molecular weight is 494 g/mol. The van der Waals surface area contributed by atoms with Crippen LogP contribution in [0, 0.1) is 5.92 Å². The Labute approximate surface area is 191 Å². The lowest BCUT2D eigenvalue weighted by molar-refractivity contribution is -0.120. The van der Waals surface area contributed by atoms with Gasteiger partial charge in [0.1, 0.15) is 0 Å². The van der Waals surface area contributed by atoms with Gasteiger partial charge >= 0.3 is 0 Å². The number of hydrogen-bond donors (Lipinski definition) is 1. The smallest absolute Gasteiger partial charge is 0.219 e. The molecule has 1 heterocycles. The molecule has 160 valence electrons. The van der Waals surface area contributed by atoms with E-state index in [1.165, 1.54) is 0 Å². The van der Waals surface area contributed by atoms with Crippen molar-refractivity contribution in [2.45, 2.75) is 32.2 Å². The molecule has 0 fully saturated rings. The van der Waals surface area contributed by atoms with E-state index in [4.69, 9.17) is 26.1 Å². The molecule has 30 heavy (non-hydrogen) atoms. The second-order valence-corrected chi connectivity index (χ2v) is 8.70. The van der Waals surface area contributed by atoms with Crippen molar-refractivity contribution >= 4 is 39.1 Å². The molecule has 1 aliphatic heterocycles. The summed E-state index contributed by atoms with van der Waals surface area (Å²) in [4.78, 5) is 17.0. The van der Waals surface area contributed by atoms with Crippen molar-refractivity contribution in [1.29, 1.82) is 0 Å². The molecular weight excluding hydrogens is 468 g/mol. The van der Waals surface area contributed by atoms with Crippen molar-refractivity contribution in [1.82, 2.24) is 5.32 Å². The van der Waals surface area contributed by atoms with Crippen LogP contribution in [0.5, 0.6) is 11.5 Å². The summed E-state index contributed by atoms with van der Waals surface area (Å²) in [6.07, 6.45) is 1.87. The predicted molar refractivity (Wildman–Crippen MR) is 124 cm³/mol. The van der Waals surface area contributed by atoms with E-state index < -0.39 is 0 Å².